The fourth-order valence-corrected chi connectivity index (χ4v) is 2.55. The van der Waals surface area contributed by atoms with Gasteiger partial charge in [0.15, 0.2) is 0 Å². The zero-order valence-electron chi connectivity index (χ0n) is 8.64. The van der Waals surface area contributed by atoms with Crippen molar-refractivity contribution in [2.24, 2.45) is 11.8 Å². The Hall–Kier alpha value is 0.870. The SMILES string of the molecule is CC1CCC(C(O)S(=O)(=O)[O-])CC1.[Na+]. The molecule has 1 aliphatic carbocycles. The first-order valence-corrected chi connectivity index (χ1v) is 6.01. The molecule has 14 heavy (non-hydrogen) atoms. The van der Waals surface area contributed by atoms with Crippen LogP contribution in [0, 0.1) is 11.8 Å². The van der Waals surface area contributed by atoms with Gasteiger partial charge in [0.2, 0.25) is 0 Å². The van der Waals surface area contributed by atoms with E-state index in [1.807, 2.05) is 0 Å². The van der Waals surface area contributed by atoms with Gasteiger partial charge in [0, 0.05) is 0 Å². The molecule has 1 aliphatic rings. The average Bonchev–Trinajstić information content (AvgIpc) is 2.03. The van der Waals surface area contributed by atoms with Crippen molar-refractivity contribution in [3.63, 3.8) is 0 Å². The Bertz CT molecular complexity index is 257. The van der Waals surface area contributed by atoms with Crippen molar-refractivity contribution in [1.82, 2.24) is 0 Å². The molecule has 0 amide bonds. The van der Waals surface area contributed by atoms with Gasteiger partial charge in [0.25, 0.3) is 0 Å². The molecule has 1 saturated carbocycles. The number of hydrogen-bond acceptors (Lipinski definition) is 4. The molecule has 0 aliphatic heterocycles. The molecule has 1 atom stereocenters. The standard InChI is InChI=1S/C8H16O4S.Na/c1-6-2-4-7(5-3-6)8(9)13(10,11)12;/h6-9H,2-5H2,1H3,(H,10,11,12);/q;+1/p-1. The molecule has 0 aromatic carbocycles. The minimum absolute atomic E-state index is 0. The van der Waals surface area contributed by atoms with Gasteiger partial charge < -0.3 is 9.66 Å². The van der Waals surface area contributed by atoms with Crippen LogP contribution in [0.3, 0.4) is 0 Å². The zero-order valence-corrected chi connectivity index (χ0v) is 11.5. The summed E-state index contributed by atoms with van der Waals surface area (Å²) in [5.41, 5.74) is -1.69. The summed E-state index contributed by atoms with van der Waals surface area (Å²) in [5.74, 6) is 0.233. The molecule has 6 heteroatoms. The maximum Gasteiger partial charge on any atom is 1.00 e. The Labute approximate surface area is 107 Å². The van der Waals surface area contributed by atoms with Crippen LogP contribution in [-0.2, 0) is 10.1 Å². The van der Waals surface area contributed by atoms with Gasteiger partial charge in [-0.05, 0) is 24.7 Å². The van der Waals surface area contributed by atoms with Gasteiger partial charge in [-0.1, -0.05) is 19.8 Å². The Morgan fingerprint density at radius 3 is 2.07 bits per heavy atom. The normalized spacial score (nSPS) is 30.5. The topological polar surface area (TPSA) is 77.4 Å². The molecule has 0 bridgehead atoms. The Morgan fingerprint density at radius 2 is 1.71 bits per heavy atom. The quantitative estimate of drug-likeness (QED) is 0.427. The van der Waals surface area contributed by atoms with E-state index >= 15 is 0 Å². The van der Waals surface area contributed by atoms with E-state index in [0.717, 1.165) is 12.8 Å². The van der Waals surface area contributed by atoms with Crippen LogP contribution in [0.5, 0.6) is 0 Å². The van der Waals surface area contributed by atoms with E-state index in [4.69, 9.17) is 0 Å². The molecule has 1 unspecified atom stereocenters. The first kappa shape index (κ1) is 14.9. The van der Waals surface area contributed by atoms with Crippen LogP contribution in [0.25, 0.3) is 0 Å². The number of aliphatic hydroxyl groups is 1. The summed E-state index contributed by atoms with van der Waals surface area (Å²) in [6.45, 7) is 2.09. The minimum atomic E-state index is -4.51. The van der Waals surface area contributed by atoms with Crippen LogP contribution in [0.4, 0.5) is 0 Å². The van der Waals surface area contributed by atoms with Crippen molar-refractivity contribution in [2.45, 2.75) is 38.0 Å². The van der Waals surface area contributed by atoms with Gasteiger partial charge in [0.1, 0.15) is 15.6 Å². The molecule has 1 fully saturated rings. The molecule has 0 aromatic rings. The predicted molar refractivity (Wildman–Crippen MR) is 46.8 cm³/mol. The van der Waals surface area contributed by atoms with Gasteiger partial charge in [-0.25, -0.2) is 8.42 Å². The monoisotopic (exact) mass is 230 g/mol. The van der Waals surface area contributed by atoms with Crippen LogP contribution in [-0.4, -0.2) is 23.5 Å². The second kappa shape index (κ2) is 5.82. The van der Waals surface area contributed by atoms with Crippen molar-refractivity contribution in [3.8, 4) is 0 Å². The maximum absolute atomic E-state index is 10.5. The Kier molecular flexibility index (Phi) is 6.18. The van der Waals surface area contributed by atoms with Gasteiger partial charge >= 0.3 is 29.6 Å². The van der Waals surface area contributed by atoms with Crippen LogP contribution >= 0.6 is 0 Å². The first-order chi connectivity index (χ1) is 5.91. The summed E-state index contributed by atoms with van der Waals surface area (Å²) in [6.07, 6.45) is 3.09. The smallest absolute Gasteiger partial charge is 0.746 e. The van der Waals surface area contributed by atoms with Crippen LogP contribution in [0.1, 0.15) is 32.6 Å². The van der Waals surface area contributed by atoms with Gasteiger partial charge in [-0.2, -0.15) is 0 Å². The second-order valence-corrected chi connectivity index (χ2v) is 5.37. The summed E-state index contributed by atoms with van der Waals surface area (Å²) >= 11 is 0. The van der Waals surface area contributed by atoms with Crippen molar-refractivity contribution in [3.05, 3.63) is 0 Å². The van der Waals surface area contributed by atoms with Crippen molar-refractivity contribution in [2.75, 3.05) is 0 Å². The molecule has 4 nitrogen and oxygen atoms in total. The summed E-state index contributed by atoms with van der Waals surface area (Å²) in [7, 11) is -4.51. The molecule has 1 rings (SSSR count). The minimum Gasteiger partial charge on any atom is -0.746 e. The number of hydrogen-bond donors (Lipinski definition) is 1. The summed E-state index contributed by atoms with van der Waals surface area (Å²) in [4.78, 5) is 0. The molecular weight excluding hydrogens is 215 g/mol. The average molecular weight is 230 g/mol. The van der Waals surface area contributed by atoms with E-state index < -0.39 is 15.6 Å². The third-order valence-electron chi connectivity index (χ3n) is 2.76. The molecular formula is C8H15NaO4S. The Balaban J connectivity index is 0.00000169. The van der Waals surface area contributed by atoms with E-state index in [9.17, 15) is 18.1 Å². The third-order valence-corrected chi connectivity index (χ3v) is 3.74. The molecule has 0 saturated heterocycles. The van der Waals surface area contributed by atoms with Gasteiger partial charge in [-0.3, -0.25) is 0 Å². The van der Waals surface area contributed by atoms with Crippen molar-refractivity contribution >= 4 is 10.1 Å². The summed E-state index contributed by atoms with van der Waals surface area (Å²) < 4.78 is 31.5. The van der Waals surface area contributed by atoms with Crippen LogP contribution < -0.4 is 29.6 Å². The van der Waals surface area contributed by atoms with E-state index in [2.05, 4.69) is 6.92 Å². The number of rotatable bonds is 2. The van der Waals surface area contributed by atoms with Crippen LogP contribution in [0.2, 0.25) is 0 Å². The molecule has 0 spiro atoms. The first-order valence-electron chi connectivity index (χ1n) is 4.54. The van der Waals surface area contributed by atoms with E-state index in [0.29, 0.717) is 18.8 Å². The fraction of sp³-hybridized carbons (Fsp3) is 1.00. The van der Waals surface area contributed by atoms with Gasteiger partial charge in [0.05, 0.1) is 0 Å². The fourth-order valence-electron chi connectivity index (χ4n) is 1.81. The largest absolute Gasteiger partial charge is 1.00 e. The predicted octanol–water partition coefficient (Wildman–Crippen LogP) is -2.32. The van der Waals surface area contributed by atoms with E-state index in [1.54, 1.807) is 0 Å². The van der Waals surface area contributed by atoms with Crippen LogP contribution in [0.15, 0.2) is 0 Å². The molecule has 0 radical (unpaired) electrons. The zero-order chi connectivity index (χ0) is 10.1. The van der Waals surface area contributed by atoms with E-state index in [-0.39, 0.29) is 35.5 Å². The van der Waals surface area contributed by atoms with Crippen molar-refractivity contribution in [1.29, 1.82) is 0 Å². The molecule has 1 N–H and O–H groups in total. The van der Waals surface area contributed by atoms with E-state index in [1.165, 1.54) is 0 Å². The number of aliphatic hydroxyl groups excluding tert-OH is 1. The molecule has 0 aromatic heterocycles. The van der Waals surface area contributed by atoms with Gasteiger partial charge in [-0.15, -0.1) is 0 Å². The Morgan fingerprint density at radius 1 is 1.29 bits per heavy atom. The maximum atomic E-state index is 10.5. The molecule has 0 heterocycles. The second-order valence-electron chi connectivity index (χ2n) is 3.90. The summed E-state index contributed by atoms with van der Waals surface area (Å²) in [5, 5.41) is 9.20. The molecule has 78 valence electrons. The summed E-state index contributed by atoms with van der Waals surface area (Å²) in [6, 6.07) is 0. The van der Waals surface area contributed by atoms with Crippen molar-refractivity contribution < 1.29 is 47.6 Å². The third kappa shape index (κ3) is 4.16.